The Bertz CT molecular complexity index is 310. The molecule has 0 aromatic carbocycles. The van der Waals surface area contributed by atoms with E-state index in [0.717, 1.165) is 19.6 Å². The molecule has 0 bridgehead atoms. The summed E-state index contributed by atoms with van der Waals surface area (Å²) >= 11 is 1.76. The first kappa shape index (κ1) is 12.0. The third-order valence-electron chi connectivity index (χ3n) is 3.38. The van der Waals surface area contributed by atoms with E-state index in [2.05, 4.69) is 36.0 Å². The number of piperazine rings is 1. The number of hydrogen-bond donors (Lipinski definition) is 1. The van der Waals surface area contributed by atoms with E-state index in [1.807, 2.05) is 11.7 Å². The van der Waals surface area contributed by atoms with Crippen LogP contribution < -0.4 is 5.32 Å². The van der Waals surface area contributed by atoms with Crippen LogP contribution in [0.3, 0.4) is 0 Å². The highest BCUT2D eigenvalue weighted by Gasteiger charge is 2.26. The summed E-state index contributed by atoms with van der Waals surface area (Å²) in [6.45, 7) is 10.2. The van der Waals surface area contributed by atoms with E-state index < -0.39 is 0 Å². The second-order valence-corrected chi connectivity index (χ2v) is 5.98. The van der Waals surface area contributed by atoms with E-state index in [1.165, 1.54) is 4.88 Å². The topological polar surface area (TPSA) is 28.2 Å². The van der Waals surface area contributed by atoms with Crippen LogP contribution in [0.5, 0.6) is 0 Å². The fraction of sp³-hybridized carbons (Fsp3) is 0.750. The van der Waals surface area contributed by atoms with Gasteiger partial charge in [0, 0.05) is 42.8 Å². The standard InChI is InChI=1S/C12H21N3S/c1-9(2)12-7-15(10(3)4-14-12)6-11-5-13-8-16-11/h5,8-10,12,14H,4,6-7H2,1-3H3. The summed E-state index contributed by atoms with van der Waals surface area (Å²) < 4.78 is 0. The lowest BCUT2D eigenvalue weighted by Gasteiger charge is -2.40. The van der Waals surface area contributed by atoms with Crippen molar-refractivity contribution in [1.82, 2.24) is 15.2 Å². The summed E-state index contributed by atoms with van der Waals surface area (Å²) in [5.41, 5.74) is 1.92. The van der Waals surface area contributed by atoms with Crippen molar-refractivity contribution in [2.24, 2.45) is 5.92 Å². The zero-order chi connectivity index (χ0) is 11.5. The average molecular weight is 239 g/mol. The zero-order valence-electron chi connectivity index (χ0n) is 10.3. The number of aromatic nitrogens is 1. The second-order valence-electron chi connectivity index (χ2n) is 5.00. The summed E-state index contributed by atoms with van der Waals surface area (Å²) in [5.74, 6) is 0.705. The number of rotatable bonds is 3. The highest BCUT2D eigenvalue weighted by molar-refractivity contribution is 7.09. The van der Waals surface area contributed by atoms with Crippen LogP contribution in [0.2, 0.25) is 0 Å². The van der Waals surface area contributed by atoms with Crippen molar-refractivity contribution in [2.75, 3.05) is 13.1 Å². The van der Waals surface area contributed by atoms with Crippen molar-refractivity contribution in [1.29, 1.82) is 0 Å². The Labute approximate surface area is 102 Å². The molecule has 0 saturated carbocycles. The number of thiazole rings is 1. The molecule has 1 aliphatic heterocycles. The maximum absolute atomic E-state index is 4.14. The van der Waals surface area contributed by atoms with E-state index in [1.54, 1.807) is 11.3 Å². The molecule has 4 heteroatoms. The molecule has 2 atom stereocenters. The van der Waals surface area contributed by atoms with Crippen molar-refractivity contribution >= 4 is 11.3 Å². The Morgan fingerprint density at radius 3 is 3.06 bits per heavy atom. The van der Waals surface area contributed by atoms with Gasteiger partial charge in [-0.1, -0.05) is 13.8 Å². The van der Waals surface area contributed by atoms with E-state index in [-0.39, 0.29) is 0 Å². The minimum atomic E-state index is 0.622. The van der Waals surface area contributed by atoms with Gasteiger partial charge in [0.2, 0.25) is 0 Å². The van der Waals surface area contributed by atoms with Gasteiger partial charge in [-0.3, -0.25) is 9.88 Å². The average Bonchev–Trinajstić information content (AvgIpc) is 2.73. The Morgan fingerprint density at radius 2 is 2.44 bits per heavy atom. The SMILES string of the molecule is CC(C)C1CN(Cc2cncs2)C(C)CN1. The van der Waals surface area contributed by atoms with Crippen LogP contribution in [0.15, 0.2) is 11.7 Å². The Balaban J connectivity index is 1.96. The molecule has 2 rings (SSSR count). The van der Waals surface area contributed by atoms with Crippen molar-refractivity contribution < 1.29 is 0 Å². The number of hydrogen-bond acceptors (Lipinski definition) is 4. The maximum Gasteiger partial charge on any atom is 0.0794 e. The fourth-order valence-corrected chi connectivity index (χ4v) is 2.75. The molecule has 1 aliphatic rings. The molecule has 1 saturated heterocycles. The van der Waals surface area contributed by atoms with Gasteiger partial charge in [-0.25, -0.2) is 0 Å². The first-order valence-electron chi connectivity index (χ1n) is 6.01. The largest absolute Gasteiger partial charge is 0.311 e. The number of nitrogens with zero attached hydrogens (tertiary/aromatic N) is 2. The van der Waals surface area contributed by atoms with E-state index in [9.17, 15) is 0 Å². The van der Waals surface area contributed by atoms with Crippen LogP contribution in [-0.2, 0) is 6.54 Å². The fourth-order valence-electron chi connectivity index (χ4n) is 2.14. The normalized spacial score (nSPS) is 27.5. The molecule has 0 aliphatic carbocycles. The first-order chi connectivity index (χ1) is 7.66. The van der Waals surface area contributed by atoms with Crippen molar-refractivity contribution in [3.8, 4) is 0 Å². The molecule has 0 spiro atoms. The Hall–Kier alpha value is -0.450. The molecule has 2 heterocycles. The summed E-state index contributed by atoms with van der Waals surface area (Å²) in [6, 6.07) is 1.25. The van der Waals surface area contributed by atoms with Gasteiger partial charge in [-0.05, 0) is 12.8 Å². The third-order valence-corrected chi connectivity index (χ3v) is 4.14. The zero-order valence-corrected chi connectivity index (χ0v) is 11.1. The van der Waals surface area contributed by atoms with Gasteiger partial charge in [0.15, 0.2) is 0 Å². The molecule has 0 radical (unpaired) electrons. The summed E-state index contributed by atoms with van der Waals surface area (Å²) in [4.78, 5) is 8.08. The minimum absolute atomic E-state index is 0.622. The van der Waals surface area contributed by atoms with Gasteiger partial charge in [-0.2, -0.15) is 0 Å². The second kappa shape index (κ2) is 5.25. The van der Waals surface area contributed by atoms with Crippen molar-refractivity contribution in [3.05, 3.63) is 16.6 Å². The molecule has 90 valence electrons. The summed E-state index contributed by atoms with van der Waals surface area (Å²) in [7, 11) is 0. The highest BCUT2D eigenvalue weighted by Crippen LogP contribution is 2.17. The van der Waals surface area contributed by atoms with Gasteiger partial charge in [0.1, 0.15) is 0 Å². The van der Waals surface area contributed by atoms with E-state index >= 15 is 0 Å². The molecule has 3 nitrogen and oxygen atoms in total. The lowest BCUT2D eigenvalue weighted by atomic mass is 10.00. The van der Waals surface area contributed by atoms with E-state index in [4.69, 9.17) is 0 Å². The monoisotopic (exact) mass is 239 g/mol. The predicted octanol–water partition coefficient (Wildman–Crippen LogP) is 1.96. The molecule has 1 N–H and O–H groups in total. The van der Waals surface area contributed by atoms with Crippen LogP contribution in [0.25, 0.3) is 0 Å². The molecular formula is C12H21N3S. The maximum atomic E-state index is 4.14. The minimum Gasteiger partial charge on any atom is -0.311 e. The van der Waals surface area contributed by atoms with Gasteiger partial charge in [0.25, 0.3) is 0 Å². The lowest BCUT2D eigenvalue weighted by Crippen LogP contribution is -2.56. The van der Waals surface area contributed by atoms with Gasteiger partial charge < -0.3 is 5.32 Å². The van der Waals surface area contributed by atoms with Crippen molar-refractivity contribution in [3.63, 3.8) is 0 Å². The first-order valence-corrected chi connectivity index (χ1v) is 6.89. The van der Waals surface area contributed by atoms with Crippen LogP contribution in [0.1, 0.15) is 25.6 Å². The number of nitrogens with one attached hydrogen (secondary N) is 1. The van der Waals surface area contributed by atoms with Gasteiger partial charge in [0.05, 0.1) is 5.51 Å². The summed E-state index contributed by atoms with van der Waals surface area (Å²) in [6.07, 6.45) is 1.99. The highest BCUT2D eigenvalue weighted by atomic mass is 32.1. The van der Waals surface area contributed by atoms with Crippen LogP contribution in [0.4, 0.5) is 0 Å². The van der Waals surface area contributed by atoms with Crippen LogP contribution in [-0.4, -0.2) is 35.1 Å². The molecule has 2 unspecified atom stereocenters. The molecule has 1 aromatic heterocycles. The molecule has 0 amide bonds. The van der Waals surface area contributed by atoms with Gasteiger partial charge in [-0.15, -0.1) is 11.3 Å². The predicted molar refractivity (Wildman–Crippen MR) is 68.6 cm³/mol. The van der Waals surface area contributed by atoms with Crippen molar-refractivity contribution in [2.45, 2.75) is 39.4 Å². The van der Waals surface area contributed by atoms with E-state index in [0.29, 0.717) is 18.0 Å². The molecular weight excluding hydrogens is 218 g/mol. The Kier molecular flexibility index (Phi) is 3.95. The molecule has 1 fully saturated rings. The summed E-state index contributed by atoms with van der Waals surface area (Å²) in [5, 5.41) is 3.62. The smallest absolute Gasteiger partial charge is 0.0794 e. The molecule has 16 heavy (non-hydrogen) atoms. The Morgan fingerprint density at radius 1 is 1.62 bits per heavy atom. The third kappa shape index (κ3) is 2.81. The van der Waals surface area contributed by atoms with Crippen LogP contribution >= 0.6 is 11.3 Å². The lowest BCUT2D eigenvalue weighted by molar-refractivity contribution is 0.117. The quantitative estimate of drug-likeness (QED) is 0.874. The molecule has 1 aromatic rings. The van der Waals surface area contributed by atoms with Crippen LogP contribution in [0, 0.1) is 5.92 Å². The van der Waals surface area contributed by atoms with Gasteiger partial charge >= 0.3 is 0 Å².